The first-order valence-electron chi connectivity index (χ1n) is 8.36. The zero-order valence-electron chi connectivity index (χ0n) is 14.8. The van der Waals surface area contributed by atoms with Gasteiger partial charge >= 0.3 is 0 Å². The number of nitrogens with zero attached hydrogens (tertiary/aromatic N) is 4. The number of rotatable bonds is 5. The van der Waals surface area contributed by atoms with Gasteiger partial charge in [0.2, 0.25) is 11.8 Å². The molecule has 0 radical (unpaired) electrons. The molecule has 1 aromatic carbocycles. The van der Waals surface area contributed by atoms with Gasteiger partial charge in [-0.1, -0.05) is 12.1 Å². The average Bonchev–Trinajstić information content (AvgIpc) is 2.64. The van der Waals surface area contributed by atoms with Crippen LogP contribution in [0.3, 0.4) is 0 Å². The highest BCUT2D eigenvalue weighted by Gasteiger charge is 2.28. The third kappa shape index (κ3) is 4.08. The van der Waals surface area contributed by atoms with Gasteiger partial charge in [0.25, 0.3) is 0 Å². The maximum absolute atomic E-state index is 13.7. The van der Waals surface area contributed by atoms with Crippen LogP contribution in [0.25, 0.3) is 0 Å². The standard InChI is InChI=1S/C18H21FN4O3/c1-13-10-22(7-8-23(13)18(24)11-25-2)16-9-17(21-12-20-16)26-15-6-4-3-5-14(15)19/h3-6,9,12-13H,7-8,10-11H2,1-2H3. The number of hydrogen-bond donors (Lipinski definition) is 0. The van der Waals surface area contributed by atoms with Crippen LogP contribution in [0.1, 0.15) is 6.92 Å². The van der Waals surface area contributed by atoms with Crippen molar-refractivity contribution in [2.24, 2.45) is 0 Å². The van der Waals surface area contributed by atoms with Crippen LogP contribution in [-0.2, 0) is 9.53 Å². The highest BCUT2D eigenvalue weighted by Crippen LogP contribution is 2.25. The van der Waals surface area contributed by atoms with Crippen molar-refractivity contribution in [2.45, 2.75) is 13.0 Å². The van der Waals surface area contributed by atoms with E-state index in [2.05, 4.69) is 14.9 Å². The van der Waals surface area contributed by atoms with Crippen molar-refractivity contribution in [3.63, 3.8) is 0 Å². The van der Waals surface area contributed by atoms with E-state index in [4.69, 9.17) is 9.47 Å². The predicted octanol–water partition coefficient (Wildman–Crippen LogP) is 2.09. The number of anilines is 1. The molecule has 7 nitrogen and oxygen atoms in total. The molecule has 1 fully saturated rings. The Morgan fingerprint density at radius 2 is 2.12 bits per heavy atom. The van der Waals surface area contributed by atoms with Gasteiger partial charge in [0.15, 0.2) is 11.6 Å². The van der Waals surface area contributed by atoms with Gasteiger partial charge in [-0.05, 0) is 19.1 Å². The van der Waals surface area contributed by atoms with Crippen LogP contribution >= 0.6 is 0 Å². The summed E-state index contributed by atoms with van der Waals surface area (Å²) in [6.07, 6.45) is 1.39. The van der Waals surface area contributed by atoms with E-state index in [-0.39, 0.29) is 30.2 Å². The molecular weight excluding hydrogens is 339 g/mol. The monoisotopic (exact) mass is 360 g/mol. The summed E-state index contributed by atoms with van der Waals surface area (Å²) in [5.41, 5.74) is 0. The summed E-state index contributed by atoms with van der Waals surface area (Å²) < 4.78 is 24.2. The zero-order chi connectivity index (χ0) is 18.5. The van der Waals surface area contributed by atoms with Gasteiger partial charge in [-0.25, -0.2) is 14.4 Å². The fourth-order valence-electron chi connectivity index (χ4n) is 2.94. The van der Waals surface area contributed by atoms with E-state index in [1.807, 2.05) is 6.92 Å². The van der Waals surface area contributed by atoms with Crippen LogP contribution in [-0.4, -0.2) is 60.2 Å². The molecule has 138 valence electrons. The number of carbonyl (C=O) groups excluding carboxylic acids is 1. The van der Waals surface area contributed by atoms with Gasteiger partial charge in [-0.3, -0.25) is 4.79 Å². The second kappa shape index (κ2) is 8.09. The summed E-state index contributed by atoms with van der Waals surface area (Å²) in [7, 11) is 1.51. The van der Waals surface area contributed by atoms with Crippen LogP contribution in [0, 0.1) is 5.82 Å². The van der Waals surface area contributed by atoms with Crippen LogP contribution in [0.15, 0.2) is 36.7 Å². The Morgan fingerprint density at radius 3 is 2.85 bits per heavy atom. The number of amides is 1. The van der Waals surface area contributed by atoms with Crippen molar-refractivity contribution in [3.05, 3.63) is 42.5 Å². The number of methoxy groups -OCH3 is 1. The Bertz CT molecular complexity index is 774. The summed E-state index contributed by atoms with van der Waals surface area (Å²) in [5.74, 6) is 0.584. The lowest BCUT2D eigenvalue weighted by Gasteiger charge is -2.40. The number of hydrogen-bond acceptors (Lipinski definition) is 6. The molecule has 0 saturated carbocycles. The van der Waals surface area contributed by atoms with Crippen LogP contribution in [0.2, 0.25) is 0 Å². The maximum Gasteiger partial charge on any atom is 0.248 e. The topological polar surface area (TPSA) is 67.8 Å². The third-order valence-corrected chi connectivity index (χ3v) is 4.22. The molecule has 2 aromatic rings. The minimum absolute atomic E-state index is 0.0223. The molecular formula is C18H21FN4O3. The largest absolute Gasteiger partial charge is 0.436 e. The first-order valence-corrected chi connectivity index (χ1v) is 8.36. The molecule has 1 amide bonds. The lowest BCUT2D eigenvalue weighted by atomic mass is 10.2. The van der Waals surface area contributed by atoms with E-state index in [1.165, 1.54) is 19.5 Å². The van der Waals surface area contributed by atoms with Crippen molar-refractivity contribution in [2.75, 3.05) is 38.3 Å². The number of aromatic nitrogens is 2. The lowest BCUT2D eigenvalue weighted by molar-refractivity contribution is -0.137. The molecule has 1 aromatic heterocycles. The first kappa shape index (κ1) is 18.1. The van der Waals surface area contributed by atoms with E-state index in [0.29, 0.717) is 25.5 Å². The number of carbonyl (C=O) groups is 1. The second-order valence-electron chi connectivity index (χ2n) is 6.06. The molecule has 0 spiro atoms. The molecule has 0 N–H and O–H groups in total. The summed E-state index contributed by atoms with van der Waals surface area (Å²) >= 11 is 0. The van der Waals surface area contributed by atoms with Gasteiger partial charge in [0, 0.05) is 38.9 Å². The Labute approximate surface area is 151 Å². The Balaban J connectivity index is 1.69. The van der Waals surface area contributed by atoms with Gasteiger partial charge < -0.3 is 19.3 Å². The Hall–Kier alpha value is -2.74. The first-order chi connectivity index (χ1) is 12.6. The van der Waals surface area contributed by atoms with Gasteiger partial charge in [-0.15, -0.1) is 0 Å². The normalized spacial score (nSPS) is 17.3. The Kier molecular flexibility index (Phi) is 5.62. The third-order valence-electron chi connectivity index (χ3n) is 4.22. The lowest BCUT2D eigenvalue weighted by Crippen LogP contribution is -2.55. The number of para-hydroxylation sites is 1. The quantitative estimate of drug-likeness (QED) is 0.813. The van der Waals surface area contributed by atoms with Gasteiger partial charge in [0.1, 0.15) is 18.8 Å². The SMILES string of the molecule is COCC(=O)N1CCN(c2cc(Oc3ccccc3F)ncn2)CC1C. The van der Waals surface area contributed by atoms with Gasteiger partial charge in [0.05, 0.1) is 0 Å². The molecule has 8 heteroatoms. The van der Waals surface area contributed by atoms with Crippen molar-refractivity contribution in [3.8, 4) is 11.6 Å². The van der Waals surface area contributed by atoms with E-state index < -0.39 is 5.82 Å². The smallest absolute Gasteiger partial charge is 0.248 e. The van der Waals surface area contributed by atoms with E-state index in [1.54, 1.807) is 29.2 Å². The molecule has 1 aliphatic rings. The molecule has 26 heavy (non-hydrogen) atoms. The fourth-order valence-corrected chi connectivity index (χ4v) is 2.94. The molecule has 0 aliphatic carbocycles. The number of piperazine rings is 1. The van der Waals surface area contributed by atoms with Crippen LogP contribution < -0.4 is 9.64 Å². The highest BCUT2D eigenvalue weighted by atomic mass is 19.1. The molecule has 1 saturated heterocycles. The van der Waals surface area contributed by atoms with E-state index in [9.17, 15) is 9.18 Å². The van der Waals surface area contributed by atoms with Gasteiger partial charge in [-0.2, -0.15) is 0 Å². The van der Waals surface area contributed by atoms with Crippen molar-refractivity contribution in [1.29, 1.82) is 0 Å². The molecule has 1 atom stereocenters. The summed E-state index contributed by atoms with van der Waals surface area (Å²) in [6, 6.07) is 7.86. The molecule has 2 heterocycles. The maximum atomic E-state index is 13.7. The predicted molar refractivity (Wildman–Crippen MR) is 93.8 cm³/mol. The summed E-state index contributed by atoms with van der Waals surface area (Å²) in [5, 5.41) is 0. The zero-order valence-corrected chi connectivity index (χ0v) is 14.8. The molecule has 0 bridgehead atoms. The fraction of sp³-hybridized carbons (Fsp3) is 0.389. The number of halogens is 1. The number of ether oxygens (including phenoxy) is 2. The van der Waals surface area contributed by atoms with Crippen molar-refractivity contribution >= 4 is 11.7 Å². The van der Waals surface area contributed by atoms with E-state index in [0.717, 1.165) is 0 Å². The van der Waals surface area contributed by atoms with Crippen LogP contribution in [0.4, 0.5) is 10.2 Å². The number of benzene rings is 1. The van der Waals surface area contributed by atoms with Crippen LogP contribution in [0.5, 0.6) is 11.6 Å². The second-order valence-corrected chi connectivity index (χ2v) is 6.06. The van der Waals surface area contributed by atoms with Crippen molar-refractivity contribution in [1.82, 2.24) is 14.9 Å². The van der Waals surface area contributed by atoms with Crippen molar-refractivity contribution < 1.29 is 18.7 Å². The molecule has 1 aliphatic heterocycles. The highest BCUT2D eigenvalue weighted by molar-refractivity contribution is 5.78. The molecule has 1 unspecified atom stereocenters. The minimum Gasteiger partial charge on any atom is -0.436 e. The minimum atomic E-state index is -0.452. The molecule has 3 rings (SSSR count). The van der Waals surface area contributed by atoms with E-state index >= 15 is 0 Å². The Morgan fingerprint density at radius 1 is 1.31 bits per heavy atom. The summed E-state index contributed by atoms with van der Waals surface area (Å²) in [4.78, 5) is 24.2. The summed E-state index contributed by atoms with van der Waals surface area (Å²) in [6.45, 7) is 3.91. The average molecular weight is 360 g/mol.